The smallest absolute Gasteiger partial charge is 0.411 e. The lowest BCUT2D eigenvalue weighted by atomic mass is 10.1. The minimum Gasteiger partial charge on any atom is -0.447 e. The van der Waals surface area contributed by atoms with Gasteiger partial charge in [-0.05, 0) is 38.9 Å². The minimum atomic E-state index is -0.420. The number of para-hydroxylation sites is 1. The molecule has 4 nitrogen and oxygen atoms in total. The van der Waals surface area contributed by atoms with Crippen LogP contribution in [0.5, 0.6) is 0 Å². The van der Waals surface area contributed by atoms with Crippen LogP contribution >= 0.6 is 0 Å². The number of anilines is 1. The first-order chi connectivity index (χ1) is 9.03. The van der Waals surface area contributed by atoms with Crippen molar-refractivity contribution in [1.82, 2.24) is 5.32 Å². The van der Waals surface area contributed by atoms with Crippen molar-refractivity contribution in [3.05, 3.63) is 30.3 Å². The molecule has 106 valence electrons. The van der Waals surface area contributed by atoms with Crippen molar-refractivity contribution in [3.63, 3.8) is 0 Å². The molecule has 0 aliphatic heterocycles. The van der Waals surface area contributed by atoms with Crippen molar-refractivity contribution in [2.24, 2.45) is 0 Å². The summed E-state index contributed by atoms with van der Waals surface area (Å²) in [6, 6.07) is 9.28. The number of hydrogen-bond donors (Lipinski definition) is 2. The predicted molar refractivity (Wildman–Crippen MR) is 78.4 cm³/mol. The van der Waals surface area contributed by atoms with Crippen LogP contribution in [0.2, 0.25) is 0 Å². The minimum absolute atomic E-state index is 0.205. The van der Waals surface area contributed by atoms with E-state index in [-0.39, 0.29) is 5.54 Å². The number of amides is 1. The molecule has 0 radical (unpaired) electrons. The van der Waals surface area contributed by atoms with Gasteiger partial charge in [-0.1, -0.05) is 31.5 Å². The maximum atomic E-state index is 11.6. The molecule has 19 heavy (non-hydrogen) atoms. The van der Waals surface area contributed by atoms with Crippen LogP contribution in [0.1, 0.15) is 33.6 Å². The summed E-state index contributed by atoms with van der Waals surface area (Å²) >= 11 is 0. The summed E-state index contributed by atoms with van der Waals surface area (Å²) in [7, 11) is 0. The number of carbonyl (C=O) groups is 1. The van der Waals surface area contributed by atoms with Gasteiger partial charge < -0.3 is 10.1 Å². The highest BCUT2D eigenvalue weighted by Gasteiger charge is 2.19. The average molecular weight is 264 g/mol. The fourth-order valence-corrected chi connectivity index (χ4v) is 1.58. The number of rotatable bonds is 7. The summed E-state index contributed by atoms with van der Waals surface area (Å²) in [5.41, 5.74) is 0.535. The van der Waals surface area contributed by atoms with Crippen LogP contribution in [0.15, 0.2) is 30.3 Å². The van der Waals surface area contributed by atoms with E-state index in [1.807, 2.05) is 44.2 Å². The van der Waals surface area contributed by atoms with Crippen molar-refractivity contribution in [3.8, 4) is 0 Å². The molecule has 0 atom stereocenters. The Balaban J connectivity index is 2.29. The molecule has 0 bridgehead atoms. The topological polar surface area (TPSA) is 50.4 Å². The number of hydrogen-bond acceptors (Lipinski definition) is 3. The molecule has 0 fully saturated rings. The van der Waals surface area contributed by atoms with Crippen molar-refractivity contribution in [2.75, 3.05) is 18.5 Å². The molecule has 0 saturated heterocycles. The zero-order valence-electron chi connectivity index (χ0n) is 12.0. The highest BCUT2D eigenvalue weighted by atomic mass is 16.5. The lowest BCUT2D eigenvalue weighted by Gasteiger charge is -2.25. The molecular weight excluding hydrogens is 240 g/mol. The van der Waals surface area contributed by atoms with Gasteiger partial charge in [0.15, 0.2) is 0 Å². The third-order valence-corrected chi connectivity index (χ3v) is 2.72. The highest BCUT2D eigenvalue weighted by Crippen LogP contribution is 2.07. The first-order valence-corrected chi connectivity index (χ1v) is 6.77. The molecule has 0 aromatic heterocycles. The molecule has 1 aromatic carbocycles. The van der Waals surface area contributed by atoms with Crippen molar-refractivity contribution in [1.29, 1.82) is 0 Å². The first kappa shape index (κ1) is 15.5. The fourth-order valence-electron chi connectivity index (χ4n) is 1.58. The molecule has 0 saturated carbocycles. The summed E-state index contributed by atoms with van der Waals surface area (Å²) in [6.45, 7) is 7.48. The number of ether oxygens (including phenoxy) is 1. The zero-order valence-corrected chi connectivity index (χ0v) is 12.0. The van der Waals surface area contributed by atoms with Gasteiger partial charge in [-0.2, -0.15) is 0 Å². The Morgan fingerprint density at radius 1 is 1.26 bits per heavy atom. The van der Waals surface area contributed by atoms with E-state index < -0.39 is 6.09 Å². The number of benzene rings is 1. The van der Waals surface area contributed by atoms with E-state index >= 15 is 0 Å². The summed E-state index contributed by atoms with van der Waals surface area (Å²) in [5.74, 6) is 0. The third-order valence-electron chi connectivity index (χ3n) is 2.72. The van der Waals surface area contributed by atoms with Gasteiger partial charge in [-0.3, -0.25) is 5.32 Å². The second-order valence-corrected chi connectivity index (χ2v) is 5.23. The van der Waals surface area contributed by atoms with Crippen LogP contribution in [0.25, 0.3) is 0 Å². The zero-order chi connectivity index (χ0) is 14.1. The van der Waals surface area contributed by atoms with E-state index in [1.54, 1.807) is 0 Å². The standard InChI is InChI=1S/C15H24N2O2/c1-4-5-11-16-15(2,3)12-19-14(18)17-13-9-7-6-8-10-13/h6-10,16H,4-5,11-12H2,1-3H3,(H,17,18). The largest absolute Gasteiger partial charge is 0.447 e. The van der Waals surface area contributed by atoms with E-state index in [0.29, 0.717) is 6.61 Å². The van der Waals surface area contributed by atoms with Crippen LogP contribution in [-0.4, -0.2) is 24.8 Å². The fraction of sp³-hybridized carbons (Fsp3) is 0.533. The van der Waals surface area contributed by atoms with E-state index in [4.69, 9.17) is 4.74 Å². The number of carbonyl (C=O) groups excluding carboxylic acids is 1. The number of nitrogens with one attached hydrogen (secondary N) is 2. The molecule has 2 N–H and O–H groups in total. The lowest BCUT2D eigenvalue weighted by molar-refractivity contribution is 0.126. The Bertz CT molecular complexity index is 377. The second-order valence-electron chi connectivity index (χ2n) is 5.23. The SMILES string of the molecule is CCCCNC(C)(C)COC(=O)Nc1ccccc1. The van der Waals surface area contributed by atoms with Gasteiger partial charge in [-0.25, -0.2) is 4.79 Å². The van der Waals surface area contributed by atoms with Gasteiger partial charge in [0.1, 0.15) is 6.61 Å². The molecule has 1 rings (SSSR count). The van der Waals surface area contributed by atoms with Gasteiger partial charge in [0.2, 0.25) is 0 Å². The van der Waals surface area contributed by atoms with Crippen LogP contribution < -0.4 is 10.6 Å². The van der Waals surface area contributed by atoms with Crippen LogP contribution in [0.3, 0.4) is 0 Å². The molecule has 0 aliphatic carbocycles. The monoisotopic (exact) mass is 264 g/mol. The van der Waals surface area contributed by atoms with Gasteiger partial charge >= 0.3 is 6.09 Å². The van der Waals surface area contributed by atoms with E-state index in [0.717, 1.165) is 25.1 Å². The predicted octanol–water partition coefficient (Wildman–Crippen LogP) is 3.40. The Morgan fingerprint density at radius 3 is 2.58 bits per heavy atom. The van der Waals surface area contributed by atoms with Crippen molar-refractivity contribution >= 4 is 11.8 Å². The summed E-state index contributed by atoms with van der Waals surface area (Å²) in [6.07, 6.45) is 1.86. The Kier molecular flexibility index (Phi) is 6.36. The second kappa shape index (κ2) is 7.79. The first-order valence-electron chi connectivity index (χ1n) is 6.77. The van der Waals surface area contributed by atoms with Gasteiger partial charge in [-0.15, -0.1) is 0 Å². The molecule has 4 heteroatoms. The van der Waals surface area contributed by atoms with Crippen LogP contribution in [0, 0.1) is 0 Å². The van der Waals surface area contributed by atoms with Crippen LogP contribution in [0.4, 0.5) is 10.5 Å². The van der Waals surface area contributed by atoms with Gasteiger partial charge in [0, 0.05) is 11.2 Å². The van der Waals surface area contributed by atoms with E-state index in [1.165, 1.54) is 0 Å². The van der Waals surface area contributed by atoms with Crippen molar-refractivity contribution < 1.29 is 9.53 Å². The van der Waals surface area contributed by atoms with Gasteiger partial charge in [0.25, 0.3) is 0 Å². The summed E-state index contributed by atoms with van der Waals surface area (Å²) in [4.78, 5) is 11.6. The summed E-state index contributed by atoms with van der Waals surface area (Å²) < 4.78 is 5.23. The average Bonchev–Trinajstić information content (AvgIpc) is 2.38. The maximum Gasteiger partial charge on any atom is 0.411 e. The molecule has 0 aliphatic rings. The van der Waals surface area contributed by atoms with Crippen LogP contribution in [-0.2, 0) is 4.74 Å². The molecule has 0 spiro atoms. The van der Waals surface area contributed by atoms with Gasteiger partial charge in [0.05, 0.1) is 0 Å². The Labute approximate surface area is 115 Å². The highest BCUT2D eigenvalue weighted by molar-refractivity contribution is 5.84. The molecule has 1 amide bonds. The van der Waals surface area contributed by atoms with E-state index in [2.05, 4.69) is 17.6 Å². The lowest BCUT2D eigenvalue weighted by Crippen LogP contribution is -2.44. The Hall–Kier alpha value is -1.55. The molecular formula is C15H24N2O2. The normalized spacial score (nSPS) is 11.1. The molecule has 0 unspecified atom stereocenters. The summed E-state index contributed by atoms with van der Waals surface area (Å²) in [5, 5.41) is 6.07. The maximum absolute atomic E-state index is 11.6. The molecule has 1 aromatic rings. The quantitative estimate of drug-likeness (QED) is 0.742. The Morgan fingerprint density at radius 2 is 1.95 bits per heavy atom. The third kappa shape index (κ3) is 6.82. The number of unbranched alkanes of at least 4 members (excludes halogenated alkanes) is 1. The van der Waals surface area contributed by atoms with Crippen molar-refractivity contribution in [2.45, 2.75) is 39.2 Å². The molecule has 0 heterocycles. The van der Waals surface area contributed by atoms with E-state index in [9.17, 15) is 4.79 Å².